The van der Waals surface area contributed by atoms with E-state index >= 15 is 0 Å². The molecule has 2 heterocycles. The van der Waals surface area contributed by atoms with Gasteiger partial charge in [-0.2, -0.15) is 13.2 Å². The maximum absolute atomic E-state index is 13.3. The van der Waals surface area contributed by atoms with Crippen molar-refractivity contribution in [2.75, 3.05) is 13.1 Å². The van der Waals surface area contributed by atoms with Crippen LogP contribution >= 0.6 is 0 Å². The Labute approximate surface area is 139 Å². The number of halogens is 3. The molecule has 0 amide bonds. The maximum Gasteiger partial charge on any atom is 0.416 e. The van der Waals surface area contributed by atoms with Crippen molar-refractivity contribution in [1.29, 1.82) is 0 Å². The van der Waals surface area contributed by atoms with E-state index in [4.69, 9.17) is 0 Å². The molecule has 1 aromatic heterocycles. The summed E-state index contributed by atoms with van der Waals surface area (Å²) in [6.07, 6.45) is -1.69. The molecular weight excluding hydrogens is 315 g/mol. The first-order valence-corrected chi connectivity index (χ1v) is 8.04. The Morgan fingerprint density at radius 2 is 1.88 bits per heavy atom. The summed E-state index contributed by atoms with van der Waals surface area (Å²) in [6, 6.07) is 11.7. The molecule has 2 aromatic rings. The summed E-state index contributed by atoms with van der Waals surface area (Å²) in [6.45, 7) is 2.49. The molecular formula is C18H20F3N3. The summed E-state index contributed by atoms with van der Waals surface area (Å²) < 4.78 is 39.8. The Kier molecular flexibility index (Phi) is 5.16. The van der Waals surface area contributed by atoms with Gasteiger partial charge in [0.2, 0.25) is 0 Å². The number of rotatable bonds is 5. The Morgan fingerprint density at radius 3 is 2.54 bits per heavy atom. The number of alkyl halides is 3. The van der Waals surface area contributed by atoms with E-state index in [1.807, 2.05) is 18.2 Å². The van der Waals surface area contributed by atoms with E-state index in [0.29, 0.717) is 12.1 Å². The third-order valence-corrected chi connectivity index (χ3v) is 4.34. The predicted octanol–water partition coefficient (Wildman–Crippen LogP) is 3.46. The van der Waals surface area contributed by atoms with Gasteiger partial charge in [-0.05, 0) is 36.7 Å². The number of hydrogen-bond donors (Lipinski definition) is 1. The van der Waals surface area contributed by atoms with Crippen LogP contribution in [-0.2, 0) is 19.3 Å². The number of nitrogens with zero attached hydrogens (tertiary/aromatic N) is 2. The highest BCUT2D eigenvalue weighted by Crippen LogP contribution is 2.33. The second-order valence-corrected chi connectivity index (χ2v) is 6.03. The second kappa shape index (κ2) is 7.32. The van der Waals surface area contributed by atoms with Gasteiger partial charge in [0.15, 0.2) is 0 Å². The highest BCUT2D eigenvalue weighted by Gasteiger charge is 2.34. The summed E-state index contributed by atoms with van der Waals surface area (Å²) in [5, 5.41) is 3.28. The lowest BCUT2D eigenvalue weighted by molar-refractivity contribution is -0.138. The monoisotopic (exact) mass is 335 g/mol. The molecule has 0 bridgehead atoms. The van der Waals surface area contributed by atoms with Crippen molar-refractivity contribution in [3.8, 4) is 0 Å². The molecule has 0 spiro atoms. The Bertz CT molecular complexity index is 652. The number of hydrogen-bond acceptors (Lipinski definition) is 3. The van der Waals surface area contributed by atoms with Crippen molar-refractivity contribution in [3.05, 3.63) is 65.5 Å². The molecule has 0 radical (unpaired) electrons. The smallest absolute Gasteiger partial charge is 0.315 e. The Morgan fingerprint density at radius 1 is 1.08 bits per heavy atom. The van der Waals surface area contributed by atoms with Crippen LogP contribution in [0.15, 0.2) is 48.7 Å². The molecule has 6 heteroatoms. The van der Waals surface area contributed by atoms with E-state index in [1.54, 1.807) is 18.3 Å². The summed E-state index contributed by atoms with van der Waals surface area (Å²) in [5.41, 5.74) is 0.628. The minimum Gasteiger partial charge on any atom is -0.315 e. The van der Waals surface area contributed by atoms with Gasteiger partial charge in [0.25, 0.3) is 0 Å². The number of benzene rings is 1. The van der Waals surface area contributed by atoms with Crippen LogP contribution in [0.1, 0.15) is 23.2 Å². The third-order valence-electron chi connectivity index (χ3n) is 4.34. The van der Waals surface area contributed by atoms with E-state index in [2.05, 4.69) is 15.2 Å². The van der Waals surface area contributed by atoms with Gasteiger partial charge in [0.05, 0.1) is 11.3 Å². The standard InChI is InChI=1S/C18H20F3N3/c19-18(20,21)17-7-2-1-5-14(17)12-24(16-8-10-22-11-16)13-15-6-3-4-9-23-15/h1-7,9,16,22H,8,10-13H2/t16-/m0/s1. The zero-order valence-electron chi connectivity index (χ0n) is 13.3. The fraction of sp³-hybridized carbons (Fsp3) is 0.389. The van der Waals surface area contributed by atoms with Crippen molar-refractivity contribution in [1.82, 2.24) is 15.2 Å². The lowest BCUT2D eigenvalue weighted by Crippen LogP contribution is -2.36. The van der Waals surface area contributed by atoms with Crippen LogP contribution in [0, 0.1) is 0 Å². The largest absolute Gasteiger partial charge is 0.416 e. The van der Waals surface area contributed by atoms with Crippen LogP contribution < -0.4 is 5.32 Å². The van der Waals surface area contributed by atoms with E-state index in [0.717, 1.165) is 31.3 Å². The fourth-order valence-corrected chi connectivity index (χ4v) is 3.12. The highest BCUT2D eigenvalue weighted by atomic mass is 19.4. The average molecular weight is 335 g/mol. The highest BCUT2D eigenvalue weighted by molar-refractivity contribution is 5.29. The zero-order chi connectivity index (χ0) is 17.0. The van der Waals surface area contributed by atoms with Crippen molar-refractivity contribution in [2.45, 2.75) is 31.7 Å². The summed E-state index contributed by atoms with van der Waals surface area (Å²) in [4.78, 5) is 6.41. The molecule has 3 rings (SSSR count). The van der Waals surface area contributed by atoms with E-state index in [1.165, 1.54) is 6.07 Å². The minimum atomic E-state index is -4.33. The van der Waals surface area contributed by atoms with Gasteiger partial charge < -0.3 is 5.32 Å². The van der Waals surface area contributed by atoms with Gasteiger partial charge in [-0.1, -0.05) is 24.3 Å². The first-order valence-electron chi connectivity index (χ1n) is 8.04. The van der Waals surface area contributed by atoms with Crippen LogP contribution in [0.2, 0.25) is 0 Å². The summed E-state index contributed by atoms with van der Waals surface area (Å²) in [7, 11) is 0. The molecule has 1 atom stereocenters. The van der Waals surface area contributed by atoms with E-state index in [-0.39, 0.29) is 12.6 Å². The molecule has 1 aromatic carbocycles. The molecule has 24 heavy (non-hydrogen) atoms. The molecule has 0 aliphatic carbocycles. The van der Waals surface area contributed by atoms with Crippen molar-refractivity contribution in [2.24, 2.45) is 0 Å². The van der Waals surface area contributed by atoms with Crippen LogP contribution in [0.4, 0.5) is 13.2 Å². The SMILES string of the molecule is FC(F)(F)c1ccccc1CN(Cc1ccccn1)[C@H]1CCNC1. The third kappa shape index (κ3) is 4.13. The number of nitrogens with one attached hydrogen (secondary N) is 1. The maximum atomic E-state index is 13.3. The molecule has 1 saturated heterocycles. The molecule has 1 N–H and O–H groups in total. The minimum absolute atomic E-state index is 0.216. The van der Waals surface area contributed by atoms with Gasteiger partial charge in [-0.3, -0.25) is 9.88 Å². The van der Waals surface area contributed by atoms with Gasteiger partial charge in [0, 0.05) is 31.9 Å². The fourth-order valence-electron chi connectivity index (χ4n) is 3.12. The van der Waals surface area contributed by atoms with Crippen LogP contribution in [0.5, 0.6) is 0 Å². The van der Waals surface area contributed by atoms with E-state index < -0.39 is 11.7 Å². The van der Waals surface area contributed by atoms with Gasteiger partial charge >= 0.3 is 6.18 Å². The molecule has 1 aliphatic heterocycles. The van der Waals surface area contributed by atoms with Gasteiger partial charge in [0.1, 0.15) is 0 Å². The second-order valence-electron chi connectivity index (χ2n) is 6.03. The molecule has 0 saturated carbocycles. The molecule has 0 unspecified atom stereocenters. The molecule has 1 fully saturated rings. The first-order chi connectivity index (χ1) is 11.5. The number of pyridine rings is 1. The van der Waals surface area contributed by atoms with Crippen LogP contribution in [-0.4, -0.2) is 29.0 Å². The lowest BCUT2D eigenvalue weighted by Gasteiger charge is -2.29. The molecule has 1 aliphatic rings. The van der Waals surface area contributed by atoms with Crippen LogP contribution in [0.3, 0.4) is 0 Å². The average Bonchev–Trinajstić information content (AvgIpc) is 3.09. The molecule has 128 valence electrons. The van der Waals surface area contributed by atoms with E-state index in [9.17, 15) is 13.2 Å². The van der Waals surface area contributed by atoms with Crippen molar-refractivity contribution >= 4 is 0 Å². The summed E-state index contributed by atoms with van der Waals surface area (Å²) >= 11 is 0. The Hall–Kier alpha value is -1.92. The van der Waals surface area contributed by atoms with Gasteiger partial charge in [-0.25, -0.2) is 0 Å². The normalized spacial score (nSPS) is 18.2. The van der Waals surface area contributed by atoms with Crippen LogP contribution in [0.25, 0.3) is 0 Å². The van der Waals surface area contributed by atoms with Gasteiger partial charge in [-0.15, -0.1) is 0 Å². The Balaban J connectivity index is 1.84. The zero-order valence-corrected chi connectivity index (χ0v) is 13.3. The molecule has 3 nitrogen and oxygen atoms in total. The quantitative estimate of drug-likeness (QED) is 0.907. The summed E-state index contributed by atoms with van der Waals surface area (Å²) in [5.74, 6) is 0. The number of aromatic nitrogens is 1. The topological polar surface area (TPSA) is 28.2 Å². The predicted molar refractivity (Wildman–Crippen MR) is 86.2 cm³/mol. The van der Waals surface area contributed by atoms with Crippen molar-refractivity contribution < 1.29 is 13.2 Å². The lowest BCUT2D eigenvalue weighted by atomic mass is 10.0. The van der Waals surface area contributed by atoms with Crippen molar-refractivity contribution in [3.63, 3.8) is 0 Å². The first kappa shape index (κ1) is 16.9.